The van der Waals surface area contributed by atoms with Gasteiger partial charge in [0.25, 0.3) is 5.91 Å². The van der Waals surface area contributed by atoms with E-state index in [2.05, 4.69) is 10.6 Å². The number of ether oxygens (including phenoxy) is 2. The van der Waals surface area contributed by atoms with E-state index < -0.39 is 0 Å². The number of carbonyl (C=O) groups excluding carboxylic acids is 1. The second kappa shape index (κ2) is 9.70. The summed E-state index contributed by atoms with van der Waals surface area (Å²) < 4.78 is 10.5. The highest BCUT2D eigenvalue weighted by atomic mass is 16.5. The van der Waals surface area contributed by atoms with Crippen molar-refractivity contribution < 1.29 is 14.3 Å². The molecule has 0 heterocycles. The third-order valence-electron chi connectivity index (χ3n) is 3.57. The molecule has 0 unspecified atom stereocenters. The molecule has 0 spiro atoms. The molecule has 0 atom stereocenters. The van der Waals surface area contributed by atoms with Crippen molar-refractivity contribution in [2.45, 2.75) is 6.42 Å². The minimum Gasteiger partial charge on any atom is -0.491 e. The molecule has 0 aromatic heterocycles. The van der Waals surface area contributed by atoms with Crippen LogP contribution in [0.3, 0.4) is 0 Å². The molecule has 0 fully saturated rings. The highest BCUT2D eigenvalue weighted by Gasteiger charge is 2.10. The molecule has 0 bridgehead atoms. The van der Waals surface area contributed by atoms with Crippen molar-refractivity contribution in [2.75, 3.05) is 39.2 Å². The molecule has 0 aliphatic carbocycles. The minimum atomic E-state index is -0.102. The summed E-state index contributed by atoms with van der Waals surface area (Å²) in [6, 6.07) is 15.0. The minimum absolute atomic E-state index is 0.102. The fourth-order valence-corrected chi connectivity index (χ4v) is 2.30. The smallest absolute Gasteiger partial charge is 0.255 e. The maximum atomic E-state index is 12.5. The summed E-state index contributed by atoms with van der Waals surface area (Å²) in [4.78, 5) is 12.5. The van der Waals surface area contributed by atoms with Gasteiger partial charge in [-0.05, 0) is 55.9 Å². The Kier molecular flexibility index (Phi) is 7.26. The highest BCUT2D eigenvalue weighted by molar-refractivity contribution is 6.05. The average molecular weight is 328 g/mol. The van der Waals surface area contributed by atoms with Gasteiger partial charge in [-0.2, -0.15) is 0 Å². The van der Waals surface area contributed by atoms with E-state index in [9.17, 15) is 4.79 Å². The summed E-state index contributed by atoms with van der Waals surface area (Å²) in [5.41, 5.74) is 2.47. The summed E-state index contributed by atoms with van der Waals surface area (Å²) in [7, 11) is 3.54. The van der Waals surface area contributed by atoms with E-state index in [1.807, 2.05) is 55.6 Å². The Hall–Kier alpha value is -2.37. The predicted octanol–water partition coefficient (Wildman–Crippen LogP) is 2.73. The molecule has 2 N–H and O–H groups in total. The van der Waals surface area contributed by atoms with E-state index in [-0.39, 0.29) is 5.91 Å². The molecule has 0 radical (unpaired) electrons. The highest BCUT2D eigenvalue weighted by Crippen LogP contribution is 2.17. The molecule has 0 saturated heterocycles. The lowest BCUT2D eigenvalue weighted by Crippen LogP contribution is -2.17. The van der Waals surface area contributed by atoms with Gasteiger partial charge >= 0.3 is 0 Å². The lowest BCUT2D eigenvalue weighted by molar-refractivity contribution is 0.102. The number of nitrogens with one attached hydrogen (secondary N) is 2. The van der Waals surface area contributed by atoms with Gasteiger partial charge in [0, 0.05) is 18.4 Å². The zero-order valence-corrected chi connectivity index (χ0v) is 14.2. The second-order valence-electron chi connectivity index (χ2n) is 5.33. The number of anilines is 1. The maximum absolute atomic E-state index is 12.5. The lowest BCUT2D eigenvalue weighted by atomic mass is 10.0. The van der Waals surface area contributed by atoms with E-state index in [1.165, 1.54) is 0 Å². The number of amides is 1. The number of hydrogen-bond donors (Lipinski definition) is 2. The van der Waals surface area contributed by atoms with Crippen molar-refractivity contribution in [3.8, 4) is 5.75 Å². The fraction of sp³-hybridized carbons (Fsp3) is 0.316. The van der Waals surface area contributed by atoms with E-state index in [0.717, 1.165) is 30.0 Å². The quantitative estimate of drug-likeness (QED) is 0.695. The van der Waals surface area contributed by atoms with E-state index in [0.29, 0.717) is 18.8 Å². The van der Waals surface area contributed by atoms with Crippen LogP contribution in [-0.2, 0) is 11.2 Å². The molecule has 0 saturated carbocycles. The van der Waals surface area contributed by atoms with Crippen LogP contribution < -0.4 is 15.4 Å². The number of hydrogen-bond acceptors (Lipinski definition) is 4. The van der Waals surface area contributed by atoms with Crippen molar-refractivity contribution in [1.29, 1.82) is 0 Å². The van der Waals surface area contributed by atoms with Gasteiger partial charge in [0.05, 0.1) is 6.61 Å². The van der Waals surface area contributed by atoms with E-state index in [4.69, 9.17) is 9.47 Å². The Morgan fingerprint density at radius 2 is 1.79 bits per heavy atom. The van der Waals surface area contributed by atoms with Gasteiger partial charge in [-0.1, -0.05) is 18.2 Å². The first kappa shape index (κ1) is 18.0. The summed E-state index contributed by atoms with van der Waals surface area (Å²) in [6.07, 6.45) is 0.812. The lowest BCUT2D eigenvalue weighted by Gasteiger charge is -2.11. The fourth-order valence-electron chi connectivity index (χ4n) is 2.30. The van der Waals surface area contributed by atoms with Gasteiger partial charge in [-0.25, -0.2) is 0 Å². The molecule has 0 aliphatic rings. The SMILES string of the molecule is CNCCc1ccccc1C(=O)Nc1ccc(OCCOC)cc1. The third kappa shape index (κ3) is 5.37. The molecule has 5 nitrogen and oxygen atoms in total. The molecule has 5 heteroatoms. The Balaban J connectivity index is 1.99. The van der Waals surface area contributed by atoms with Crippen LogP contribution in [0.15, 0.2) is 48.5 Å². The van der Waals surface area contributed by atoms with Crippen molar-refractivity contribution in [1.82, 2.24) is 5.32 Å². The Labute approximate surface area is 143 Å². The number of benzene rings is 2. The van der Waals surface area contributed by atoms with Gasteiger partial charge < -0.3 is 20.1 Å². The first-order chi connectivity index (χ1) is 11.7. The van der Waals surface area contributed by atoms with Crippen LogP contribution in [0, 0.1) is 0 Å². The average Bonchev–Trinajstić information content (AvgIpc) is 2.62. The van der Waals surface area contributed by atoms with Gasteiger partial charge in [0.2, 0.25) is 0 Å². The monoisotopic (exact) mass is 328 g/mol. The van der Waals surface area contributed by atoms with E-state index in [1.54, 1.807) is 7.11 Å². The number of rotatable bonds is 9. The van der Waals surface area contributed by atoms with Gasteiger partial charge in [0.15, 0.2) is 0 Å². The normalized spacial score (nSPS) is 10.4. The predicted molar refractivity (Wildman–Crippen MR) is 95.8 cm³/mol. The Morgan fingerprint density at radius 1 is 1.04 bits per heavy atom. The standard InChI is InChI=1S/C19H24N2O3/c1-20-12-11-15-5-3-4-6-18(15)19(22)21-16-7-9-17(10-8-16)24-14-13-23-2/h3-10,20H,11-14H2,1-2H3,(H,21,22). The Bertz CT molecular complexity index is 641. The van der Waals surface area contributed by atoms with Gasteiger partial charge in [-0.3, -0.25) is 4.79 Å². The van der Waals surface area contributed by atoms with Crippen LogP contribution in [0.25, 0.3) is 0 Å². The molecule has 2 aromatic carbocycles. The molecule has 0 aliphatic heterocycles. The van der Waals surface area contributed by atoms with Crippen LogP contribution in [0.4, 0.5) is 5.69 Å². The van der Waals surface area contributed by atoms with Crippen LogP contribution in [0.1, 0.15) is 15.9 Å². The first-order valence-corrected chi connectivity index (χ1v) is 8.00. The molecular weight excluding hydrogens is 304 g/mol. The maximum Gasteiger partial charge on any atom is 0.255 e. The molecular formula is C19H24N2O3. The number of carbonyl (C=O) groups is 1. The summed E-state index contributed by atoms with van der Waals surface area (Å²) in [5, 5.41) is 6.03. The van der Waals surface area contributed by atoms with Crippen LogP contribution in [0.5, 0.6) is 5.75 Å². The number of methoxy groups -OCH3 is 1. The zero-order valence-electron chi connectivity index (χ0n) is 14.2. The van der Waals surface area contributed by atoms with Crippen molar-refractivity contribution in [3.05, 3.63) is 59.7 Å². The summed E-state index contributed by atoms with van der Waals surface area (Å²) >= 11 is 0. The summed E-state index contributed by atoms with van der Waals surface area (Å²) in [5.74, 6) is 0.647. The number of likely N-dealkylation sites (N-methyl/N-ethyl adjacent to an activating group) is 1. The molecule has 2 rings (SSSR count). The largest absolute Gasteiger partial charge is 0.491 e. The van der Waals surface area contributed by atoms with Crippen LogP contribution in [0.2, 0.25) is 0 Å². The molecule has 1 amide bonds. The zero-order chi connectivity index (χ0) is 17.2. The van der Waals surface area contributed by atoms with Crippen LogP contribution in [-0.4, -0.2) is 39.8 Å². The van der Waals surface area contributed by atoms with Crippen LogP contribution >= 0.6 is 0 Å². The van der Waals surface area contributed by atoms with E-state index >= 15 is 0 Å². The molecule has 2 aromatic rings. The molecule has 24 heavy (non-hydrogen) atoms. The van der Waals surface area contributed by atoms with Crippen molar-refractivity contribution >= 4 is 11.6 Å². The third-order valence-corrected chi connectivity index (χ3v) is 3.57. The Morgan fingerprint density at radius 3 is 2.50 bits per heavy atom. The van der Waals surface area contributed by atoms with Crippen molar-refractivity contribution in [3.63, 3.8) is 0 Å². The topological polar surface area (TPSA) is 59.6 Å². The van der Waals surface area contributed by atoms with Crippen molar-refractivity contribution in [2.24, 2.45) is 0 Å². The first-order valence-electron chi connectivity index (χ1n) is 8.00. The van der Waals surface area contributed by atoms with Gasteiger partial charge in [-0.15, -0.1) is 0 Å². The second-order valence-corrected chi connectivity index (χ2v) is 5.33. The molecule has 128 valence electrons. The summed E-state index contributed by atoms with van der Waals surface area (Å²) in [6.45, 7) is 1.88. The van der Waals surface area contributed by atoms with Gasteiger partial charge in [0.1, 0.15) is 12.4 Å².